The molecular formula is C12H13N3O2S. The summed E-state index contributed by atoms with van der Waals surface area (Å²) >= 11 is 0. The van der Waals surface area contributed by atoms with Gasteiger partial charge >= 0.3 is 0 Å². The average molecular weight is 263 g/mol. The molecule has 2 aromatic heterocycles. The van der Waals surface area contributed by atoms with E-state index in [0.29, 0.717) is 5.69 Å². The molecule has 0 fully saturated rings. The quantitative estimate of drug-likeness (QED) is 0.907. The Labute approximate surface area is 106 Å². The monoisotopic (exact) mass is 263 g/mol. The number of nitrogens with zero attached hydrogens (tertiary/aromatic N) is 2. The molecule has 0 bridgehead atoms. The van der Waals surface area contributed by atoms with Gasteiger partial charge in [0.1, 0.15) is 4.90 Å². The molecular weight excluding hydrogens is 250 g/mol. The van der Waals surface area contributed by atoms with Crippen molar-refractivity contribution in [2.24, 2.45) is 0 Å². The molecule has 0 saturated carbocycles. The molecule has 0 saturated heterocycles. The first kappa shape index (κ1) is 12.7. The SMILES string of the molecule is CC(NS(=O)(=O)c1cccnc1)c1ccccn1. The molecule has 0 amide bonds. The Hall–Kier alpha value is -1.79. The molecule has 5 nitrogen and oxygen atoms in total. The first-order valence-electron chi connectivity index (χ1n) is 5.43. The molecule has 1 atom stereocenters. The molecule has 0 aliphatic heterocycles. The fourth-order valence-electron chi connectivity index (χ4n) is 1.50. The second kappa shape index (κ2) is 5.24. The Morgan fingerprint density at radius 3 is 2.61 bits per heavy atom. The third-order valence-electron chi connectivity index (χ3n) is 2.41. The summed E-state index contributed by atoms with van der Waals surface area (Å²) in [6.45, 7) is 1.75. The summed E-state index contributed by atoms with van der Waals surface area (Å²) in [6, 6.07) is 8.07. The van der Waals surface area contributed by atoms with Crippen LogP contribution in [0.25, 0.3) is 0 Å². The summed E-state index contributed by atoms with van der Waals surface area (Å²) in [5.74, 6) is 0. The molecule has 2 aromatic rings. The van der Waals surface area contributed by atoms with E-state index in [9.17, 15) is 8.42 Å². The fraction of sp³-hybridized carbons (Fsp3) is 0.167. The van der Waals surface area contributed by atoms with Crippen LogP contribution in [-0.2, 0) is 10.0 Å². The Balaban J connectivity index is 2.20. The molecule has 18 heavy (non-hydrogen) atoms. The van der Waals surface area contributed by atoms with Crippen LogP contribution in [0.3, 0.4) is 0 Å². The minimum Gasteiger partial charge on any atom is -0.263 e. The molecule has 0 radical (unpaired) electrons. The van der Waals surface area contributed by atoms with Gasteiger partial charge < -0.3 is 0 Å². The molecule has 0 spiro atoms. The highest BCUT2D eigenvalue weighted by Crippen LogP contribution is 2.13. The van der Waals surface area contributed by atoms with E-state index in [1.165, 1.54) is 18.5 Å². The first-order valence-corrected chi connectivity index (χ1v) is 6.91. The van der Waals surface area contributed by atoms with Crippen LogP contribution < -0.4 is 4.72 Å². The zero-order valence-electron chi connectivity index (χ0n) is 9.82. The van der Waals surface area contributed by atoms with E-state index in [0.717, 1.165) is 0 Å². The van der Waals surface area contributed by atoms with Crippen LogP contribution in [0, 0.1) is 0 Å². The van der Waals surface area contributed by atoms with Crippen molar-refractivity contribution in [3.63, 3.8) is 0 Å². The lowest BCUT2D eigenvalue weighted by atomic mass is 10.2. The van der Waals surface area contributed by atoms with Gasteiger partial charge in [-0.1, -0.05) is 6.07 Å². The molecule has 1 N–H and O–H groups in total. The molecule has 0 aliphatic rings. The van der Waals surface area contributed by atoms with Gasteiger partial charge in [-0.2, -0.15) is 0 Å². The highest BCUT2D eigenvalue weighted by atomic mass is 32.2. The highest BCUT2D eigenvalue weighted by molar-refractivity contribution is 7.89. The van der Waals surface area contributed by atoms with E-state index in [2.05, 4.69) is 14.7 Å². The van der Waals surface area contributed by atoms with Crippen LogP contribution in [0.2, 0.25) is 0 Å². The van der Waals surface area contributed by atoms with Crippen molar-refractivity contribution >= 4 is 10.0 Å². The second-order valence-electron chi connectivity index (χ2n) is 3.79. The van der Waals surface area contributed by atoms with Crippen molar-refractivity contribution in [3.8, 4) is 0 Å². The van der Waals surface area contributed by atoms with Crippen molar-refractivity contribution in [2.75, 3.05) is 0 Å². The Kier molecular flexibility index (Phi) is 3.69. The van der Waals surface area contributed by atoms with E-state index in [1.54, 1.807) is 31.3 Å². The van der Waals surface area contributed by atoms with Crippen LogP contribution in [-0.4, -0.2) is 18.4 Å². The summed E-state index contributed by atoms with van der Waals surface area (Å²) in [7, 11) is -3.56. The third-order valence-corrected chi connectivity index (χ3v) is 3.93. The van der Waals surface area contributed by atoms with Gasteiger partial charge in [-0.3, -0.25) is 9.97 Å². The van der Waals surface area contributed by atoms with Crippen LogP contribution in [0.15, 0.2) is 53.8 Å². The molecule has 1 unspecified atom stereocenters. The van der Waals surface area contributed by atoms with Gasteiger partial charge in [0.25, 0.3) is 0 Å². The molecule has 2 rings (SSSR count). The van der Waals surface area contributed by atoms with Gasteiger partial charge in [0, 0.05) is 18.6 Å². The van der Waals surface area contributed by atoms with Crippen LogP contribution in [0.5, 0.6) is 0 Å². The maximum Gasteiger partial charge on any atom is 0.242 e. The minimum absolute atomic E-state index is 0.146. The minimum atomic E-state index is -3.56. The average Bonchev–Trinajstić information content (AvgIpc) is 2.40. The normalized spacial score (nSPS) is 13.2. The summed E-state index contributed by atoms with van der Waals surface area (Å²) in [5.41, 5.74) is 0.671. The van der Waals surface area contributed by atoms with E-state index in [-0.39, 0.29) is 4.90 Å². The lowest BCUT2D eigenvalue weighted by Crippen LogP contribution is -2.27. The third kappa shape index (κ3) is 2.91. The number of aromatic nitrogens is 2. The van der Waals surface area contributed by atoms with Crippen molar-refractivity contribution < 1.29 is 8.42 Å². The Morgan fingerprint density at radius 1 is 1.17 bits per heavy atom. The van der Waals surface area contributed by atoms with Gasteiger partial charge in [0.15, 0.2) is 0 Å². The number of hydrogen-bond acceptors (Lipinski definition) is 4. The number of pyridine rings is 2. The van der Waals surface area contributed by atoms with E-state index in [4.69, 9.17) is 0 Å². The smallest absolute Gasteiger partial charge is 0.242 e. The summed E-state index contributed by atoms with van der Waals surface area (Å²) in [4.78, 5) is 8.06. The van der Waals surface area contributed by atoms with Crippen molar-refractivity contribution in [1.82, 2.24) is 14.7 Å². The van der Waals surface area contributed by atoms with E-state index < -0.39 is 16.1 Å². The Morgan fingerprint density at radius 2 is 2.00 bits per heavy atom. The van der Waals surface area contributed by atoms with Crippen molar-refractivity contribution in [3.05, 3.63) is 54.6 Å². The van der Waals surface area contributed by atoms with Gasteiger partial charge in [-0.15, -0.1) is 0 Å². The van der Waals surface area contributed by atoms with E-state index in [1.807, 2.05) is 6.07 Å². The predicted octanol–water partition coefficient (Wildman–Crippen LogP) is 1.52. The number of sulfonamides is 1. The number of hydrogen-bond donors (Lipinski definition) is 1. The molecule has 94 valence electrons. The lowest BCUT2D eigenvalue weighted by molar-refractivity contribution is 0.563. The van der Waals surface area contributed by atoms with Gasteiger partial charge in [0.05, 0.1) is 11.7 Å². The standard InChI is InChI=1S/C12H13N3O2S/c1-10(12-6-2-3-8-14-12)15-18(16,17)11-5-4-7-13-9-11/h2-10,15H,1H3. The fourth-order valence-corrected chi connectivity index (χ4v) is 2.68. The Bertz CT molecular complexity index is 600. The molecule has 2 heterocycles. The zero-order valence-corrected chi connectivity index (χ0v) is 10.6. The maximum absolute atomic E-state index is 12.0. The van der Waals surface area contributed by atoms with E-state index >= 15 is 0 Å². The van der Waals surface area contributed by atoms with Crippen LogP contribution in [0.4, 0.5) is 0 Å². The molecule has 0 aliphatic carbocycles. The first-order chi connectivity index (χ1) is 8.59. The lowest BCUT2D eigenvalue weighted by Gasteiger charge is -2.13. The summed E-state index contributed by atoms with van der Waals surface area (Å²) in [5, 5.41) is 0. The van der Waals surface area contributed by atoms with Crippen molar-refractivity contribution in [1.29, 1.82) is 0 Å². The number of rotatable bonds is 4. The largest absolute Gasteiger partial charge is 0.263 e. The molecule has 0 aromatic carbocycles. The van der Waals surface area contributed by atoms with Gasteiger partial charge in [0.2, 0.25) is 10.0 Å². The predicted molar refractivity (Wildman–Crippen MR) is 67.2 cm³/mol. The number of nitrogens with one attached hydrogen (secondary N) is 1. The summed E-state index contributed by atoms with van der Waals surface area (Å²) < 4.78 is 26.6. The summed E-state index contributed by atoms with van der Waals surface area (Å²) in [6.07, 6.45) is 4.47. The van der Waals surface area contributed by atoms with Gasteiger partial charge in [-0.25, -0.2) is 13.1 Å². The van der Waals surface area contributed by atoms with Crippen LogP contribution >= 0.6 is 0 Å². The highest BCUT2D eigenvalue weighted by Gasteiger charge is 2.18. The van der Waals surface area contributed by atoms with Gasteiger partial charge in [-0.05, 0) is 31.2 Å². The van der Waals surface area contributed by atoms with Crippen LogP contribution in [0.1, 0.15) is 18.7 Å². The molecule has 6 heteroatoms. The topological polar surface area (TPSA) is 72.0 Å². The zero-order chi connectivity index (χ0) is 13.0. The maximum atomic E-state index is 12.0. The second-order valence-corrected chi connectivity index (χ2v) is 5.50. The van der Waals surface area contributed by atoms with Crippen molar-refractivity contribution in [2.45, 2.75) is 17.9 Å².